The van der Waals surface area contributed by atoms with Crippen LogP contribution in [0.3, 0.4) is 0 Å². The predicted octanol–water partition coefficient (Wildman–Crippen LogP) is 1.55. The van der Waals surface area contributed by atoms with Crippen molar-refractivity contribution in [2.45, 2.75) is 13.5 Å². The van der Waals surface area contributed by atoms with Gasteiger partial charge >= 0.3 is 0 Å². The molecule has 0 aliphatic carbocycles. The second-order valence-electron chi connectivity index (χ2n) is 5.87. The quantitative estimate of drug-likeness (QED) is 0.415. The van der Waals surface area contributed by atoms with Crippen LogP contribution in [0.4, 0.5) is 0 Å². The summed E-state index contributed by atoms with van der Waals surface area (Å²) in [5, 5.41) is 7.50. The maximum Gasteiger partial charge on any atom is 0.289 e. The fourth-order valence-corrected chi connectivity index (χ4v) is 2.82. The van der Waals surface area contributed by atoms with Gasteiger partial charge in [-0.05, 0) is 25.1 Å². The van der Waals surface area contributed by atoms with Gasteiger partial charge in [0.05, 0.1) is 18.5 Å². The Labute approximate surface area is 170 Å². The number of hydrogen-bond donors (Lipinski definition) is 1. The summed E-state index contributed by atoms with van der Waals surface area (Å²) in [5.74, 6) is 1.21. The molecule has 1 N–H and O–H groups in total. The number of piperazine rings is 1. The Hall–Kier alpha value is -2.04. The lowest BCUT2D eigenvalue weighted by Crippen LogP contribution is -2.53. The summed E-state index contributed by atoms with van der Waals surface area (Å²) in [6.07, 6.45) is 3.30. The van der Waals surface area contributed by atoms with Crippen molar-refractivity contribution in [3.63, 3.8) is 0 Å². The normalized spacial score (nSPS) is 14.9. The summed E-state index contributed by atoms with van der Waals surface area (Å²) < 4.78 is 7.03. The zero-order valence-electron chi connectivity index (χ0n) is 15.1. The summed E-state index contributed by atoms with van der Waals surface area (Å²) in [4.78, 5) is 21.1. The molecule has 1 fully saturated rings. The Morgan fingerprint density at radius 1 is 1.27 bits per heavy atom. The molecule has 0 bridgehead atoms. The zero-order chi connectivity index (χ0) is 17.6. The molecule has 2 aromatic rings. The SMILES string of the molecule is CCNC(=NCc1ccnn1C)N1CCN(C(=O)c2ccco2)CC1.I. The first-order valence-corrected chi connectivity index (χ1v) is 8.52. The van der Waals surface area contributed by atoms with Crippen molar-refractivity contribution in [2.24, 2.45) is 12.0 Å². The number of halogens is 1. The van der Waals surface area contributed by atoms with Crippen LogP contribution in [0.1, 0.15) is 23.2 Å². The maximum atomic E-state index is 12.3. The Bertz CT molecular complexity index is 719. The second-order valence-corrected chi connectivity index (χ2v) is 5.87. The Balaban J connectivity index is 0.00000243. The number of nitrogens with one attached hydrogen (secondary N) is 1. The summed E-state index contributed by atoms with van der Waals surface area (Å²) in [5.41, 5.74) is 1.06. The van der Waals surface area contributed by atoms with E-state index in [0.29, 0.717) is 25.4 Å². The van der Waals surface area contributed by atoms with E-state index in [2.05, 4.69) is 22.2 Å². The van der Waals surface area contributed by atoms with Gasteiger partial charge in [0.25, 0.3) is 5.91 Å². The first kappa shape index (κ1) is 20.3. The lowest BCUT2D eigenvalue weighted by atomic mass is 10.3. The molecule has 0 saturated carbocycles. The first-order chi connectivity index (χ1) is 12.2. The van der Waals surface area contributed by atoms with Crippen LogP contribution in [0.25, 0.3) is 0 Å². The highest BCUT2D eigenvalue weighted by atomic mass is 127. The van der Waals surface area contributed by atoms with E-state index in [1.807, 2.05) is 22.7 Å². The van der Waals surface area contributed by atoms with Gasteiger partial charge in [-0.25, -0.2) is 4.99 Å². The van der Waals surface area contributed by atoms with Gasteiger partial charge in [0.1, 0.15) is 0 Å². The molecule has 0 radical (unpaired) electrons. The number of nitrogens with zero attached hydrogens (tertiary/aromatic N) is 5. The minimum Gasteiger partial charge on any atom is -0.459 e. The summed E-state index contributed by atoms with van der Waals surface area (Å²) in [6, 6.07) is 5.40. The number of hydrogen-bond acceptors (Lipinski definition) is 4. The van der Waals surface area contributed by atoms with E-state index >= 15 is 0 Å². The molecule has 3 heterocycles. The van der Waals surface area contributed by atoms with E-state index in [4.69, 9.17) is 9.41 Å². The number of aliphatic imine (C=N–C) groups is 1. The third kappa shape index (κ3) is 4.77. The summed E-state index contributed by atoms with van der Waals surface area (Å²) in [6.45, 7) is 6.20. The number of carbonyl (C=O) groups excluding carboxylic acids is 1. The van der Waals surface area contributed by atoms with E-state index < -0.39 is 0 Å². The van der Waals surface area contributed by atoms with Crippen LogP contribution < -0.4 is 5.32 Å². The number of amides is 1. The molecule has 9 heteroatoms. The maximum absolute atomic E-state index is 12.3. The van der Waals surface area contributed by atoms with Crippen molar-refractivity contribution in [1.29, 1.82) is 0 Å². The third-order valence-electron chi connectivity index (χ3n) is 4.25. The van der Waals surface area contributed by atoms with Crippen LogP contribution in [0.2, 0.25) is 0 Å². The van der Waals surface area contributed by atoms with Crippen molar-refractivity contribution in [2.75, 3.05) is 32.7 Å². The van der Waals surface area contributed by atoms with Gasteiger partial charge in [-0.2, -0.15) is 5.10 Å². The van der Waals surface area contributed by atoms with E-state index in [-0.39, 0.29) is 29.9 Å². The molecule has 1 saturated heterocycles. The number of carbonyl (C=O) groups is 1. The van der Waals surface area contributed by atoms with Gasteiger partial charge in [0.2, 0.25) is 0 Å². The topological polar surface area (TPSA) is 78.9 Å². The van der Waals surface area contributed by atoms with Gasteiger partial charge in [0, 0.05) is 46.0 Å². The van der Waals surface area contributed by atoms with Crippen LogP contribution in [-0.2, 0) is 13.6 Å². The minimum atomic E-state index is -0.0542. The fourth-order valence-electron chi connectivity index (χ4n) is 2.82. The monoisotopic (exact) mass is 472 g/mol. The third-order valence-corrected chi connectivity index (χ3v) is 4.25. The molecule has 0 atom stereocenters. The molecule has 1 aliphatic rings. The fraction of sp³-hybridized carbons (Fsp3) is 0.471. The highest BCUT2D eigenvalue weighted by molar-refractivity contribution is 14.0. The van der Waals surface area contributed by atoms with Crippen molar-refractivity contribution in [1.82, 2.24) is 24.9 Å². The molecule has 2 aromatic heterocycles. The van der Waals surface area contributed by atoms with E-state index in [9.17, 15) is 4.79 Å². The highest BCUT2D eigenvalue weighted by Crippen LogP contribution is 2.10. The molecule has 1 aliphatic heterocycles. The molecule has 0 aromatic carbocycles. The van der Waals surface area contributed by atoms with Crippen LogP contribution in [0.5, 0.6) is 0 Å². The number of guanidine groups is 1. The molecule has 142 valence electrons. The molecule has 0 spiro atoms. The molecular weight excluding hydrogens is 447 g/mol. The summed E-state index contributed by atoms with van der Waals surface area (Å²) >= 11 is 0. The number of aromatic nitrogens is 2. The van der Waals surface area contributed by atoms with E-state index in [0.717, 1.165) is 31.3 Å². The summed E-state index contributed by atoms with van der Waals surface area (Å²) in [7, 11) is 1.91. The Morgan fingerprint density at radius 2 is 2.00 bits per heavy atom. The molecule has 26 heavy (non-hydrogen) atoms. The average molecular weight is 472 g/mol. The number of rotatable bonds is 4. The van der Waals surface area contributed by atoms with Gasteiger partial charge in [0.15, 0.2) is 11.7 Å². The molecule has 0 unspecified atom stereocenters. The van der Waals surface area contributed by atoms with Crippen LogP contribution in [0.15, 0.2) is 40.1 Å². The van der Waals surface area contributed by atoms with Crippen LogP contribution in [0, 0.1) is 0 Å². The van der Waals surface area contributed by atoms with Gasteiger partial charge < -0.3 is 19.5 Å². The first-order valence-electron chi connectivity index (χ1n) is 8.52. The van der Waals surface area contributed by atoms with E-state index in [1.165, 1.54) is 6.26 Å². The van der Waals surface area contributed by atoms with Crippen molar-refractivity contribution in [3.8, 4) is 0 Å². The molecular formula is C17H25IN6O2. The lowest BCUT2D eigenvalue weighted by molar-refractivity contribution is 0.0657. The smallest absolute Gasteiger partial charge is 0.289 e. The average Bonchev–Trinajstić information content (AvgIpc) is 3.30. The van der Waals surface area contributed by atoms with Crippen molar-refractivity contribution in [3.05, 3.63) is 42.1 Å². The standard InChI is InChI=1S/C17H24N6O2.HI/c1-3-18-17(19-13-14-6-7-20-21(14)2)23-10-8-22(9-11-23)16(24)15-5-4-12-25-15;/h4-7,12H,3,8-11,13H2,1-2H3,(H,18,19);1H. The van der Waals surface area contributed by atoms with Gasteiger partial charge in [-0.3, -0.25) is 9.48 Å². The Kier molecular flexibility index (Phi) is 7.49. The van der Waals surface area contributed by atoms with Crippen LogP contribution >= 0.6 is 24.0 Å². The molecule has 8 nitrogen and oxygen atoms in total. The lowest BCUT2D eigenvalue weighted by Gasteiger charge is -2.36. The number of aryl methyl sites for hydroxylation is 1. The largest absolute Gasteiger partial charge is 0.459 e. The van der Waals surface area contributed by atoms with Crippen molar-refractivity contribution >= 4 is 35.8 Å². The second kappa shape index (κ2) is 9.60. The van der Waals surface area contributed by atoms with E-state index in [1.54, 1.807) is 18.3 Å². The van der Waals surface area contributed by atoms with Crippen LogP contribution in [-0.4, -0.2) is 64.2 Å². The Morgan fingerprint density at radius 3 is 2.58 bits per heavy atom. The highest BCUT2D eigenvalue weighted by Gasteiger charge is 2.25. The van der Waals surface area contributed by atoms with Crippen molar-refractivity contribution < 1.29 is 9.21 Å². The zero-order valence-corrected chi connectivity index (χ0v) is 17.4. The minimum absolute atomic E-state index is 0. The predicted molar refractivity (Wildman–Crippen MR) is 110 cm³/mol. The van der Waals surface area contributed by atoms with Gasteiger partial charge in [-0.1, -0.05) is 0 Å². The molecule has 1 amide bonds. The van der Waals surface area contributed by atoms with Gasteiger partial charge in [-0.15, -0.1) is 24.0 Å². The number of furan rings is 1. The molecule has 3 rings (SSSR count).